The van der Waals surface area contributed by atoms with Crippen molar-refractivity contribution in [3.63, 3.8) is 0 Å². The number of alkyl halides is 3. The zero-order valence-corrected chi connectivity index (χ0v) is 20.7. The molecule has 170 valence electrons. The third-order valence-corrected chi connectivity index (χ3v) is 13.3. The second-order valence-corrected chi connectivity index (χ2v) is 15.1. The molecule has 0 saturated heterocycles. The normalized spacial score (nSPS) is 26.5. The summed E-state index contributed by atoms with van der Waals surface area (Å²) in [5, 5.41) is 0.177. The first-order chi connectivity index (χ1) is 14.0. The fourth-order valence-electron chi connectivity index (χ4n) is 5.91. The Kier molecular flexibility index (Phi) is 7.06. The molecule has 2 saturated carbocycles. The van der Waals surface area contributed by atoms with Crippen LogP contribution in [0.25, 0.3) is 0 Å². The molecule has 0 radical (unpaired) electrons. The molecule has 0 aromatic heterocycles. The van der Waals surface area contributed by atoms with Crippen LogP contribution in [0.15, 0.2) is 18.2 Å². The van der Waals surface area contributed by atoms with Gasteiger partial charge in [0.15, 0.2) is 8.32 Å². The van der Waals surface area contributed by atoms with E-state index in [0.717, 1.165) is 42.5 Å². The van der Waals surface area contributed by atoms with Crippen molar-refractivity contribution in [1.29, 1.82) is 0 Å². The minimum Gasteiger partial charge on any atom is -0.410 e. The van der Waals surface area contributed by atoms with E-state index in [2.05, 4.69) is 34.6 Å². The molecule has 0 aliphatic heterocycles. The van der Waals surface area contributed by atoms with Gasteiger partial charge >= 0.3 is 6.18 Å². The van der Waals surface area contributed by atoms with Gasteiger partial charge in [-0.05, 0) is 79.1 Å². The van der Waals surface area contributed by atoms with Crippen LogP contribution in [0, 0.1) is 23.2 Å². The van der Waals surface area contributed by atoms with Crippen molar-refractivity contribution in [2.24, 2.45) is 23.2 Å². The Hall–Kier alpha value is -0.523. The van der Waals surface area contributed by atoms with Gasteiger partial charge in [-0.15, -0.1) is 0 Å². The van der Waals surface area contributed by atoms with Gasteiger partial charge in [-0.1, -0.05) is 52.3 Å². The fourth-order valence-corrected chi connectivity index (χ4v) is 9.04. The van der Waals surface area contributed by atoms with E-state index in [9.17, 15) is 13.2 Å². The second kappa shape index (κ2) is 8.78. The van der Waals surface area contributed by atoms with Gasteiger partial charge in [0.2, 0.25) is 0 Å². The summed E-state index contributed by atoms with van der Waals surface area (Å²) in [6.45, 7) is 11.0. The van der Waals surface area contributed by atoms with Crippen LogP contribution in [-0.4, -0.2) is 8.32 Å². The minimum absolute atomic E-state index is 0.155. The van der Waals surface area contributed by atoms with Crippen LogP contribution in [-0.2, 0) is 10.6 Å². The lowest BCUT2D eigenvalue weighted by Crippen LogP contribution is -2.38. The van der Waals surface area contributed by atoms with E-state index in [0.29, 0.717) is 17.8 Å². The van der Waals surface area contributed by atoms with E-state index in [1.165, 1.54) is 18.9 Å². The zero-order chi connectivity index (χ0) is 22.3. The van der Waals surface area contributed by atoms with Crippen molar-refractivity contribution in [2.45, 2.75) is 90.7 Å². The Labute approximate surface area is 185 Å². The van der Waals surface area contributed by atoms with E-state index in [-0.39, 0.29) is 10.6 Å². The maximum atomic E-state index is 13.8. The lowest BCUT2D eigenvalue weighted by Gasteiger charge is -2.35. The van der Waals surface area contributed by atoms with Crippen molar-refractivity contribution < 1.29 is 17.6 Å². The maximum Gasteiger partial charge on any atom is 0.416 e. The van der Waals surface area contributed by atoms with Crippen LogP contribution >= 0.6 is 11.6 Å². The number of halogens is 4. The molecule has 1 aromatic rings. The molecular formula is C24H36ClF3OSi. The zero-order valence-electron chi connectivity index (χ0n) is 18.9. The van der Waals surface area contributed by atoms with Gasteiger partial charge in [0, 0.05) is 10.6 Å². The predicted molar refractivity (Wildman–Crippen MR) is 120 cm³/mol. The molecule has 6 heteroatoms. The number of hydrogen-bond acceptors (Lipinski definition) is 1. The highest BCUT2D eigenvalue weighted by molar-refractivity contribution is 6.73. The first-order valence-electron chi connectivity index (χ1n) is 11.5. The van der Waals surface area contributed by atoms with Crippen LogP contribution < -0.4 is 0 Å². The van der Waals surface area contributed by atoms with Crippen LogP contribution in [0.3, 0.4) is 0 Å². The average Bonchev–Trinajstić information content (AvgIpc) is 3.03. The predicted octanol–water partition coefficient (Wildman–Crippen LogP) is 8.88. The molecule has 0 N–H and O–H groups in total. The minimum atomic E-state index is -4.43. The van der Waals surface area contributed by atoms with Crippen molar-refractivity contribution in [2.75, 3.05) is 0 Å². The summed E-state index contributed by atoms with van der Waals surface area (Å²) in [4.78, 5) is 0. The third-order valence-electron chi connectivity index (χ3n) is 8.31. The van der Waals surface area contributed by atoms with Gasteiger partial charge in [0.1, 0.15) is 0 Å². The summed E-state index contributed by atoms with van der Waals surface area (Å²) in [6, 6.07) is 6.83. The molecule has 2 aliphatic carbocycles. The Bertz CT molecular complexity index is 722. The molecule has 2 fully saturated rings. The number of benzene rings is 1. The largest absolute Gasteiger partial charge is 0.416 e. The highest BCUT2D eigenvalue weighted by Crippen LogP contribution is 2.68. The molecule has 3 rings (SSSR count). The average molecular weight is 461 g/mol. The molecule has 0 amide bonds. The van der Waals surface area contributed by atoms with Gasteiger partial charge in [0.25, 0.3) is 0 Å². The molecule has 2 unspecified atom stereocenters. The van der Waals surface area contributed by atoms with E-state index >= 15 is 0 Å². The molecule has 0 spiro atoms. The van der Waals surface area contributed by atoms with Gasteiger partial charge in [-0.3, -0.25) is 0 Å². The first kappa shape index (κ1) is 24.1. The van der Waals surface area contributed by atoms with Crippen LogP contribution in [0.1, 0.15) is 77.5 Å². The van der Waals surface area contributed by atoms with E-state index in [1.807, 2.05) is 0 Å². The monoisotopic (exact) mass is 460 g/mol. The molecule has 0 heterocycles. The summed E-state index contributed by atoms with van der Waals surface area (Å²) in [6.07, 6.45) is -1.07. The Morgan fingerprint density at radius 1 is 1.10 bits per heavy atom. The number of hydrogen-bond donors (Lipinski definition) is 0. The third kappa shape index (κ3) is 4.63. The molecular weight excluding hydrogens is 425 g/mol. The molecule has 1 aromatic carbocycles. The highest BCUT2D eigenvalue weighted by Gasteiger charge is 2.61. The van der Waals surface area contributed by atoms with Gasteiger partial charge in [-0.25, -0.2) is 0 Å². The van der Waals surface area contributed by atoms with Gasteiger partial charge in [0.05, 0.1) is 11.7 Å². The summed E-state index contributed by atoms with van der Waals surface area (Å²) < 4.78 is 48.2. The van der Waals surface area contributed by atoms with Crippen LogP contribution in [0.4, 0.5) is 13.2 Å². The van der Waals surface area contributed by atoms with Crippen molar-refractivity contribution in [3.8, 4) is 0 Å². The molecule has 0 bridgehead atoms. The summed E-state index contributed by atoms with van der Waals surface area (Å²) in [5.74, 6) is 2.18. The maximum absolute atomic E-state index is 13.8. The van der Waals surface area contributed by atoms with Crippen molar-refractivity contribution in [3.05, 3.63) is 34.3 Å². The van der Waals surface area contributed by atoms with Gasteiger partial charge < -0.3 is 4.43 Å². The molecule has 1 nitrogen and oxygen atoms in total. The first-order valence-corrected chi connectivity index (χ1v) is 14.4. The molecule has 2 aliphatic rings. The number of rotatable bonds is 9. The lowest BCUT2D eigenvalue weighted by atomic mass is 9.88. The number of fused-ring (bicyclic) bond motifs is 1. The van der Waals surface area contributed by atoms with Crippen LogP contribution in [0.2, 0.25) is 23.2 Å². The Balaban J connectivity index is 1.85. The molecule has 30 heavy (non-hydrogen) atoms. The smallest absolute Gasteiger partial charge is 0.410 e. The fraction of sp³-hybridized carbons (Fsp3) is 0.750. The SMILES string of the molecule is CC[Si](CC)(CC)OC(CCC1C[C@@H]2[C@H](C1)C2(C)C)c1c(Cl)cccc1C(F)(F)F. The summed E-state index contributed by atoms with van der Waals surface area (Å²) in [7, 11) is -2.10. The van der Waals surface area contributed by atoms with Crippen molar-refractivity contribution >= 4 is 19.9 Å². The quantitative estimate of drug-likeness (QED) is 0.334. The Morgan fingerprint density at radius 3 is 2.17 bits per heavy atom. The second-order valence-electron chi connectivity index (χ2n) is 10.00. The highest BCUT2D eigenvalue weighted by atomic mass is 35.5. The van der Waals surface area contributed by atoms with E-state index in [1.54, 1.807) is 6.07 Å². The summed E-state index contributed by atoms with van der Waals surface area (Å²) in [5.41, 5.74) is -0.0168. The van der Waals surface area contributed by atoms with Gasteiger partial charge in [-0.2, -0.15) is 13.2 Å². The molecule has 4 atom stereocenters. The lowest BCUT2D eigenvalue weighted by molar-refractivity contribution is -0.139. The Morgan fingerprint density at radius 2 is 1.67 bits per heavy atom. The van der Waals surface area contributed by atoms with Crippen LogP contribution in [0.5, 0.6) is 0 Å². The standard InChI is InChI=1S/C24H36ClF3OSi/c1-6-30(7-2,8-3)29-21(13-12-16-14-18-19(15-16)23(18,4)5)22-17(24(26,27)28)10-9-11-20(22)25/h9-11,16,18-19,21H,6-8,12-15H2,1-5H3/t16?,18-,19+,21?. The van der Waals surface area contributed by atoms with E-state index < -0.39 is 26.2 Å². The summed E-state index contributed by atoms with van der Waals surface area (Å²) >= 11 is 6.39. The van der Waals surface area contributed by atoms with Crippen molar-refractivity contribution in [1.82, 2.24) is 0 Å². The topological polar surface area (TPSA) is 9.23 Å². The van der Waals surface area contributed by atoms with E-state index in [4.69, 9.17) is 16.0 Å².